The van der Waals surface area contributed by atoms with Gasteiger partial charge in [-0.1, -0.05) is 34.1 Å². The first-order chi connectivity index (χ1) is 13.5. The number of carbonyl (C=O) groups excluding carboxylic acids is 2. The van der Waals surface area contributed by atoms with E-state index < -0.39 is 5.41 Å². The van der Waals surface area contributed by atoms with Crippen LogP contribution in [0.5, 0.6) is 0 Å². The smallest absolute Gasteiger partial charge is 0.269 e. The average Bonchev–Trinajstić information content (AvgIpc) is 3.13. The molecule has 2 heterocycles. The molecule has 158 valence electrons. The van der Waals surface area contributed by atoms with Crippen LogP contribution in [0.4, 0.5) is 0 Å². The quantitative estimate of drug-likeness (QED) is 0.729. The molecule has 7 heteroatoms. The monoisotopic (exact) mass is 434 g/mol. The van der Waals surface area contributed by atoms with Crippen LogP contribution in [-0.4, -0.2) is 22.3 Å². The summed E-state index contributed by atoms with van der Waals surface area (Å²) in [5.74, 6) is -0.298. The summed E-state index contributed by atoms with van der Waals surface area (Å²) in [4.78, 5) is 40.2. The minimum atomic E-state index is -0.558. The van der Waals surface area contributed by atoms with Crippen molar-refractivity contribution in [2.45, 2.75) is 67.0 Å². The van der Waals surface area contributed by atoms with Crippen molar-refractivity contribution in [2.75, 3.05) is 0 Å². The highest BCUT2D eigenvalue weighted by Crippen LogP contribution is 2.16. The van der Waals surface area contributed by atoms with Crippen molar-refractivity contribution in [3.05, 3.63) is 41.4 Å². The van der Waals surface area contributed by atoms with Gasteiger partial charge in [-0.3, -0.25) is 19.0 Å². The molecular formula is C22H30N2O3S2. The second kappa shape index (κ2) is 9.67. The molecule has 0 saturated carbocycles. The molecule has 29 heavy (non-hydrogen) atoms. The van der Waals surface area contributed by atoms with Crippen LogP contribution in [0.3, 0.4) is 0 Å². The first-order valence-corrected chi connectivity index (χ1v) is 11.5. The van der Waals surface area contributed by atoms with Crippen molar-refractivity contribution in [1.82, 2.24) is 9.88 Å². The van der Waals surface area contributed by atoms with Crippen molar-refractivity contribution in [1.29, 1.82) is 0 Å². The standard InChI is InChI=1S/C22H30N2O3S2/c1-7-8-14(2)23-19(26)13-24-20(12-18(25)22(4,5)6)29-17(21(24)27)11-16-10-9-15(3)28-16/h9-12,14H,7-8,13H2,1-6H3,(H,23,26)/b17-11+,20-12+. The predicted molar refractivity (Wildman–Crippen MR) is 122 cm³/mol. The molecule has 2 aromatic rings. The van der Waals surface area contributed by atoms with Crippen LogP contribution in [0.1, 0.15) is 57.2 Å². The third-order valence-corrected chi connectivity index (χ3v) is 6.40. The zero-order valence-corrected chi connectivity index (χ0v) is 19.6. The van der Waals surface area contributed by atoms with E-state index in [1.54, 1.807) is 11.3 Å². The number of ketones is 1. The second-order valence-corrected chi connectivity index (χ2v) is 10.7. The van der Waals surface area contributed by atoms with Crippen molar-refractivity contribution in [3.63, 3.8) is 0 Å². The van der Waals surface area contributed by atoms with E-state index in [0.29, 0.717) is 9.20 Å². The summed E-state index contributed by atoms with van der Waals surface area (Å²) in [6, 6.07) is 4.01. The molecule has 0 spiro atoms. The number of hydrogen-bond acceptors (Lipinski definition) is 5. The molecule has 0 aliphatic carbocycles. The van der Waals surface area contributed by atoms with Gasteiger partial charge in [-0.05, 0) is 38.5 Å². The molecule has 0 radical (unpaired) electrons. The zero-order valence-electron chi connectivity index (χ0n) is 18.0. The molecule has 5 nitrogen and oxygen atoms in total. The highest BCUT2D eigenvalue weighted by Gasteiger charge is 2.20. The first-order valence-electron chi connectivity index (χ1n) is 9.84. The highest BCUT2D eigenvalue weighted by molar-refractivity contribution is 7.13. The maximum atomic E-state index is 13.0. The minimum absolute atomic E-state index is 0.0469. The van der Waals surface area contributed by atoms with Gasteiger partial charge < -0.3 is 5.32 Å². The van der Waals surface area contributed by atoms with Crippen LogP contribution in [0.25, 0.3) is 12.2 Å². The lowest BCUT2D eigenvalue weighted by Gasteiger charge is -2.14. The molecule has 1 amide bonds. The Morgan fingerprint density at radius 1 is 1.24 bits per heavy atom. The normalized spacial score (nSPS) is 14.3. The van der Waals surface area contributed by atoms with Crippen LogP contribution in [0.15, 0.2) is 16.9 Å². The number of hydrogen-bond donors (Lipinski definition) is 1. The van der Waals surface area contributed by atoms with E-state index in [1.165, 1.54) is 22.0 Å². The molecule has 2 rings (SSSR count). The maximum absolute atomic E-state index is 13.0. The Kier molecular flexibility index (Phi) is 7.77. The minimum Gasteiger partial charge on any atom is -0.352 e. The van der Waals surface area contributed by atoms with Crippen LogP contribution in [0, 0.1) is 12.3 Å². The SMILES string of the molecule is CCCC(C)NC(=O)Cn1c(=O)/c(=C\c2ccc(C)s2)s/c1=C/C(=O)C(C)(C)C. The Hall–Kier alpha value is -1.99. The van der Waals surface area contributed by atoms with E-state index in [-0.39, 0.29) is 29.8 Å². The molecule has 0 fully saturated rings. The summed E-state index contributed by atoms with van der Waals surface area (Å²) in [5.41, 5.74) is -0.801. The van der Waals surface area contributed by atoms with Crippen LogP contribution in [0.2, 0.25) is 0 Å². The van der Waals surface area contributed by atoms with Gasteiger partial charge in [-0.15, -0.1) is 22.7 Å². The average molecular weight is 435 g/mol. The highest BCUT2D eigenvalue weighted by atomic mass is 32.1. The van der Waals surface area contributed by atoms with Gasteiger partial charge in [0.05, 0.1) is 4.53 Å². The summed E-state index contributed by atoms with van der Waals surface area (Å²) in [6.07, 6.45) is 5.17. The molecule has 1 unspecified atom stereocenters. The Balaban J connectivity index is 2.51. The van der Waals surface area contributed by atoms with Gasteiger partial charge in [0.25, 0.3) is 5.56 Å². The summed E-state index contributed by atoms with van der Waals surface area (Å²) in [6.45, 7) is 11.4. The van der Waals surface area contributed by atoms with Crippen LogP contribution in [-0.2, 0) is 16.1 Å². The van der Waals surface area contributed by atoms with Crippen molar-refractivity contribution >= 4 is 46.5 Å². The Morgan fingerprint density at radius 3 is 2.48 bits per heavy atom. The van der Waals surface area contributed by atoms with E-state index >= 15 is 0 Å². The number of carbonyl (C=O) groups is 2. The van der Waals surface area contributed by atoms with Gasteiger partial charge in [0, 0.05) is 27.3 Å². The second-order valence-electron chi connectivity index (χ2n) is 8.30. The fraction of sp³-hybridized carbons (Fsp3) is 0.500. The zero-order chi connectivity index (χ0) is 21.8. The molecule has 2 aromatic heterocycles. The number of aromatic nitrogens is 1. The Labute approximate surface area is 179 Å². The number of thiophene rings is 1. The third-order valence-electron chi connectivity index (χ3n) is 4.40. The molecule has 0 saturated heterocycles. The van der Waals surface area contributed by atoms with Crippen LogP contribution >= 0.6 is 22.7 Å². The number of aryl methyl sites for hydroxylation is 1. The van der Waals surface area contributed by atoms with E-state index in [9.17, 15) is 14.4 Å². The Bertz CT molecular complexity index is 1050. The molecule has 1 N–H and O–H groups in total. The van der Waals surface area contributed by atoms with Gasteiger partial charge in [0.2, 0.25) is 5.91 Å². The first kappa shape index (κ1) is 23.3. The van der Waals surface area contributed by atoms with Gasteiger partial charge in [-0.25, -0.2) is 0 Å². The van der Waals surface area contributed by atoms with Crippen molar-refractivity contribution in [3.8, 4) is 0 Å². The fourth-order valence-electron chi connectivity index (χ4n) is 2.75. The van der Waals surface area contributed by atoms with E-state index in [0.717, 1.165) is 22.6 Å². The van der Waals surface area contributed by atoms with Gasteiger partial charge in [0.15, 0.2) is 5.78 Å². The largest absolute Gasteiger partial charge is 0.352 e. The molecular weight excluding hydrogens is 404 g/mol. The van der Waals surface area contributed by atoms with E-state index in [2.05, 4.69) is 12.2 Å². The lowest BCUT2D eigenvalue weighted by Crippen LogP contribution is -2.41. The van der Waals surface area contributed by atoms with Gasteiger partial charge in [-0.2, -0.15) is 0 Å². The topological polar surface area (TPSA) is 68.2 Å². The van der Waals surface area contributed by atoms with E-state index in [1.807, 2.05) is 52.8 Å². The maximum Gasteiger partial charge on any atom is 0.269 e. The van der Waals surface area contributed by atoms with Gasteiger partial charge >= 0.3 is 0 Å². The van der Waals surface area contributed by atoms with Crippen molar-refractivity contribution in [2.24, 2.45) is 5.41 Å². The lowest BCUT2D eigenvalue weighted by atomic mass is 9.91. The molecule has 0 bridgehead atoms. The van der Waals surface area contributed by atoms with Crippen LogP contribution < -0.4 is 20.1 Å². The number of rotatable bonds is 7. The Morgan fingerprint density at radius 2 is 1.93 bits per heavy atom. The van der Waals surface area contributed by atoms with Gasteiger partial charge in [0.1, 0.15) is 11.2 Å². The predicted octanol–water partition coefficient (Wildman–Crippen LogP) is 2.81. The van der Waals surface area contributed by atoms with Crippen molar-refractivity contribution < 1.29 is 9.59 Å². The molecule has 0 aliphatic heterocycles. The summed E-state index contributed by atoms with van der Waals surface area (Å²) in [7, 11) is 0. The number of nitrogens with zero attached hydrogens (tertiary/aromatic N) is 1. The summed E-state index contributed by atoms with van der Waals surface area (Å²) in [5, 5.41) is 2.93. The molecule has 0 aliphatic rings. The fourth-order valence-corrected chi connectivity index (χ4v) is 4.68. The summed E-state index contributed by atoms with van der Waals surface area (Å²) >= 11 is 2.85. The third kappa shape index (κ3) is 6.51. The molecule has 1 atom stereocenters. The lowest BCUT2D eigenvalue weighted by molar-refractivity contribution is -0.122. The number of Topliss-reactive ketones (excluding diaryl/α,β-unsaturated/α-hetero) is 1. The molecule has 0 aromatic carbocycles. The summed E-state index contributed by atoms with van der Waals surface area (Å²) < 4.78 is 2.44. The number of thiazole rings is 1. The van der Waals surface area contributed by atoms with E-state index in [4.69, 9.17) is 0 Å². The number of amides is 1. The number of nitrogens with one attached hydrogen (secondary N) is 1.